The minimum absolute atomic E-state index is 0.242. The van der Waals surface area contributed by atoms with E-state index in [1.54, 1.807) is 24.3 Å². The van der Waals surface area contributed by atoms with Crippen LogP contribution in [-0.2, 0) is 0 Å². The van der Waals surface area contributed by atoms with Crippen LogP contribution in [0.4, 0.5) is 0 Å². The monoisotopic (exact) mass is 319 g/mol. The maximum Gasteiger partial charge on any atom is 0.270 e. The summed E-state index contributed by atoms with van der Waals surface area (Å²) in [6, 6.07) is 9.81. The molecule has 21 heavy (non-hydrogen) atoms. The Kier molecular flexibility index (Phi) is 4.79. The van der Waals surface area contributed by atoms with Crippen molar-refractivity contribution < 1.29 is 4.79 Å². The minimum Gasteiger partial charge on any atom is -0.344 e. The summed E-state index contributed by atoms with van der Waals surface area (Å²) >= 11 is 11.9. The Morgan fingerprint density at radius 1 is 1.33 bits per heavy atom. The SMILES string of the molecule is CC(NC(=O)c1ccc(C#N)cn1)c1ccc(Cl)cc1Cl. The first-order valence-electron chi connectivity index (χ1n) is 6.13. The third-order valence-electron chi connectivity index (χ3n) is 2.90. The van der Waals surface area contributed by atoms with Gasteiger partial charge >= 0.3 is 0 Å². The highest BCUT2D eigenvalue weighted by molar-refractivity contribution is 6.35. The Balaban J connectivity index is 2.13. The van der Waals surface area contributed by atoms with Crippen molar-refractivity contribution in [3.8, 4) is 6.07 Å². The topological polar surface area (TPSA) is 65.8 Å². The van der Waals surface area contributed by atoms with Crippen LogP contribution in [0.25, 0.3) is 0 Å². The third kappa shape index (κ3) is 3.72. The van der Waals surface area contributed by atoms with Gasteiger partial charge in [-0.15, -0.1) is 0 Å². The molecule has 0 saturated heterocycles. The summed E-state index contributed by atoms with van der Waals surface area (Å²) in [4.78, 5) is 16.0. The van der Waals surface area contributed by atoms with Crippen molar-refractivity contribution in [2.75, 3.05) is 0 Å². The zero-order valence-electron chi connectivity index (χ0n) is 11.1. The molecule has 6 heteroatoms. The molecule has 2 aromatic rings. The van der Waals surface area contributed by atoms with Crippen molar-refractivity contribution >= 4 is 29.1 Å². The second-order valence-electron chi connectivity index (χ2n) is 4.40. The van der Waals surface area contributed by atoms with Gasteiger partial charge in [0.25, 0.3) is 5.91 Å². The first kappa shape index (κ1) is 15.3. The van der Waals surface area contributed by atoms with Gasteiger partial charge in [-0.3, -0.25) is 4.79 Å². The van der Waals surface area contributed by atoms with Gasteiger partial charge in [-0.2, -0.15) is 5.26 Å². The molecule has 4 nitrogen and oxygen atoms in total. The van der Waals surface area contributed by atoms with Crippen LogP contribution in [0, 0.1) is 11.3 Å². The van der Waals surface area contributed by atoms with E-state index in [1.165, 1.54) is 12.3 Å². The molecule has 1 aromatic heterocycles. The van der Waals surface area contributed by atoms with Crippen LogP contribution in [0.5, 0.6) is 0 Å². The summed E-state index contributed by atoms with van der Waals surface area (Å²) in [7, 11) is 0. The van der Waals surface area contributed by atoms with Crippen LogP contribution in [-0.4, -0.2) is 10.9 Å². The van der Waals surface area contributed by atoms with Crippen molar-refractivity contribution in [2.24, 2.45) is 0 Å². The number of rotatable bonds is 3. The fourth-order valence-corrected chi connectivity index (χ4v) is 2.37. The van der Waals surface area contributed by atoms with Crippen molar-refractivity contribution in [3.05, 3.63) is 63.4 Å². The lowest BCUT2D eigenvalue weighted by Crippen LogP contribution is -2.27. The van der Waals surface area contributed by atoms with Crippen LogP contribution >= 0.6 is 23.2 Å². The number of halogens is 2. The Bertz CT molecular complexity index is 708. The van der Waals surface area contributed by atoms with E-state index < -0.39 is 0 Å². The molecule has 1 aromatic carbocycles. The molecule has 0 aliphatic rings. The van der Waals surface area contributed by atoms with Crippen LogP contribution < -0.4 is 5.32 Å². The number of amides is 1. The first-order valence-corrected chi connectivity index (χ1v) is 6.89. The van der Waals surface area contributed by atoms with Gasteiger partial charge in [-0.1, -0.05) is 29.3 Å². The van der Waals surface area contributed by atoms with Gasteiger partial charge in [0, 0.05) is 16.2 Å². The summed E-state index contributed by atoms with van der Waals surface area (Å²) < 4.78 is 0. The lowest BCUT2D eigenvalue weighted by atomic mass is 10.1. The number of aromatic nitrogens is 1. The molecule has 1 heterocycles. The number of nitrogens with zero attached hydrogens (tertiary/aromatic N) is 2. The molecule has 0 radical (unpaired) electrons. The second-order valence-corrected chi connectivity index (χ2v) is 5.25. The van der Waals surface area contributed by atoms with Gasteiger partial charge in [0.05, 0.1) is 11.6 Å². The van der Waals surface area contributed by atoms with Gasteiger partial charge in [0.2, 0.25) is 0 Å². The van der Waals surface area contributed by atoms with Gasteiger partial charge in [-0.25, -0.2) is 4.98 Å². The highest BCUT2D eigenvalue weighted by Crippen LogP contribution is 2.26. The summed E-state index contributed by atoms with van der Waals surface area (Å²) in [6.45, 7) is 1.82. The predicted molar refractivity (Wildman–Crippen MR) is 81.3 cm³/mol. The lowest BCUT2D eigenvalue weighted by Gasteiger charge is -2.15. The average molecular weight is 320 g/mol. The van der Waals surface area contributed by atoms with Crippen molar-refractivity contribution in [1.29, 1.82) is 5.26 Å². The van der Waals surface area contributed by atoms with Gasteiger partial charge in [0.15, 0.2) is 0 Å². The van der Waals surface area contributed by atoms with E-state index in [1.807, 2.05) is 13.0 Å². The van der Waals surface area contributed by atoms with Gasteiger partial charge in [0.1, 0.15) is 11.8 Å². The van der Waals surface area contributed by atoms with Crippen molar-refractivity contribution in [2.45, 2.75) is 13.0 Å². The third-order valence-corrected chi connectivity index (χ3v) is 3.46. The van der Waals surface area contributed by atoms with E-state index in [4.69, 9.17) is 28.5 Å². The van der Waals surface area contributed by atoms with E-state index in [0.717, 1.165) is 5.56 Å². The molecule has 1 atom stereocenters. The highest BCUT2D eigenvalue weighted by Gasteiger charge is 2.15. The normalized spacial score (nSPS) is 11.5. The highest BCUT2D eigenvalue weighted by atomic mass is 35.5. The van der Waals surface area contributed by atoms with Crippen LogP contribution in [0.2, 0.25) is 10.0 Å². The zero-order valence-corrected chi connectivity index (χ0v) is 12.6. The van der Waals surface area contributed by atoms with Crippen LogP contribution in [0.1, 0.15) is 34.6 Å². The molecular weight excluding hydrogens is 309 g/mol. The standard InChI is InChI=1S/C15H11Cl2N3O/c1-9(12-4-3-11(16)6-13(12)17)20-15(21)14-5-2-10(7-18)8-19-14/h2-6,8-9H,1H3,(H,20,21). The molecule has 106 valence electrons. The number of benzene rings is 1. The number of nitriles is 1. The lowest BCUT2D eigenvalue weighted by molar-refractivity contribution is 0.0935. The first-order chi connectivity index (χ1) is 10.0. The summed E-state index contributed by atoms with van der Waals surface area (Å²) in [6.07, 6.45) is 1.36. The Morgan fingerprint density at radius 2 is 2.10 bits per heavy atom. The number of carbonyl (C=O) groups is 1. The molecule has 0 bridgehead atoms. The van der Waals surface area contributed by atoms with E-state index in [0.29, 0.717) is 15.6 Å². The molecule has 2 rings (SSSR count). The van der Waals surface area contributed by atoms with Gasteiger partial charge < -0.3 is 5.32 Å². The largest absolute Gasteiger partial charge is 0.344 e. The van der Waals surface area contributed by atoms with E-state index >= 15 is 0 Å². The fraction of sp³-hybridized carbons (Fsp3) is 0.133. The number of pyridine rings is 1. The zero-order chi connectivity index (χ0) is 15.4. The van der Waals surface area contributed by atoms with E-state index in [-0.39, 0.29) is 17.6 Å². The van der Waals surface area contributed by atoms with Crippen molar-refractivity contribution in [1.82, 2.24) is 10.3 Å². The Morgan fingerprint density at radius 3 is 2.67 bits per heavy atom. The molecule has 0 aliphatic carbocycles. The predicted octanol–water partition coefficient (Wildman–Crippen LogP) is 3.75. The van der Waals surface area contributed by atoms with Crippen LogP contribution in [0.3, 0.4) is 0 Å². The molecule has 0 saturated carbocycles. The molecule has 1 unspecified atom stereocenters. The Labute approximate surface area is 132 Å². The van der Waals surface area contributed by atoms with Crippen LogP contribution in [0.15, 0.2) is 36.5 Å². The van der Waals surface area contributed by atoms with Gasteiger partial charge in [-0.05, 0) is 36.8 Å². The summed E-state index contributed by atoms with van der Waals surface area (Å²) in [5, 5.41) is 12.5. The number of hydrogen-bond acceptors (Lipinski definition) is 3. The summed E-state index contributed by atoms with van der Waals surface area (Å²) in [5.74, 6) is -0.335. The quantitative estimate of drug-likeness (QED) is 0.936. The van der Waals surface area contributed by atoms with E-state index in [9.17, 15) is 4.79 Å². The molecule has 0 aliphatic heterocycles. The van der Waals surface area contributed by atoms with Crippen molar-refractivity contribution in [3.63, 3.8) is 0 Å². The maximum absolute atomic E-state index is 12.1. The number of hydrogen-bond donors (Lipinski definition) is 1. The molecule has 0 fully saturated rings. The average Bonchev–Trinajstić information content (AvgIpc) is 2.47. The summed E-state index contributed by atoms with van der Waals surface area (Å²) in [5.41, 5.74) is 1.41. The smallest absolute Gasteiger partial charge is 0.270 e. The van der Waals surface area contributed by atoms with E-state index in [2.05, 4.69) is 10.3 Å². The second kappa shape index (κ2) is 6.57. The fourth-order valence-electron chi connectivity index (χ4n) is 1.80. The maximum atomic E-state index is 12.1. The molecular formula is C15H11Cl2N3O. The number of carbonyl (C=O) groups excluding carboxylic acids is 1. The molecule has 0 spiro atoms. The minimum atomic E-state index is -0.335. The molecule has 1 N–H and O–H groups in total. The molecule has 1 amide bonds. The number of nitrogens with one attached hydrogen (secondary N) is 1. The Hall–Kier alpha value is -2.09.